The average Bonchev–Trinajstić information content (AvgIpc) is 2.57. The van der Waals surface area contributed by atoms with Gasteiger partial charge in [-0.3, -0.25) is 14.9 Å². The van der Waals surface area contributed by atoms with E-state index in [1.165, 1.54) is 18.2 Å². The summed E-state index contributed by atoms with van der Waals surface area (Å²) in [6, 6.07) is 11.6. The van der Waals surface area contributed by atoms with Crippen molar-refractivity contribution in [2.75, 3.05) is 26.0 Å². The summed E-state index contributed by atoms with van der Waals surface area (Å²) in [4.78, 5) is 23.3. The van der Waals surface area contributed by atoms with Crippen LogP contribution in [0.2, 0.25) is 5.02 Å². The minimum absolute atomic E-state index is 0.120. The maximum Gasteiger partial charge on any atom is 0.279 e. The van der Waals surface area contributed by atoms with Gasteiger partial charge in [-0.2, -0.15) is 0 Å². The quantitative estimate of drug-likeness (QED) is 0.580. The number of carbonyl (C=O) groups is 1. The number of nitro groups is 1. The largest absolute Gasteiger partial charge is 0.497 e. The fourth-order valence-corrected chi connectivity index (χ4v) is 2.56. The van der Waals surface area contributed by atoms with Crippen molar-refractivity contribution < 1.29 is 19.4 Å². The van der Waals surface area contributed by atoms with E-state index in [-0.39, 0.29) is 23.2 Å². The zero-order chi connectivity index (χ0) is 18.4. The molecule has 2 aromatic carbocycles. The van der Waals surface area contributed by atoms with Gasteiger partial charge >= 0.3 is 0 Å². The maximum absolute atomic E-state index is 12.1. The van der Waals surface area contributed by atoms with Crippen molar-refractivity contribution in [2.24, 2.45) is 0 Å². The van der Waals surface area contributed by atoms with Crippen molar-refractivity contribution in [3.8, 4) is 5.75 Å². The molecular formula is C17H19ClN3O4+. The molecule has 0 aliphatic carbocycles. The average molecular weight is 365 g/mol. The lowest BCUT2D eigenvalue weighted by Crippen LogP contribution is -3.08. The molecule has 132 valence electrons. The second-order valence-corrected chi connectivity index (χ2v) is 6.04. The summed E-state index contributed by atoms with van der Waals surface area (Å²) in [5, 5.41) is 13.5. The van der Waals surface area contributed by atoms with E-state index in [0.29, 0.717) is 12.2 Å². The lowest BCUT2D eigenvalue weighted by molar-refractivity contribution is -0.885. The molecule has 1 unspecified atom stereocenters. The van der Waals surface area contributed by atoms with E-state index in [9.17, 15) is 14.9 Å². The van der Waals surface area contributed by atoms with Gasteiger partial charge in [-0.05, 0) is 30.3 Å². The van der Waals surface area contributed by atoms with Crippen LogP contribution in [0.3, 0.4) is 0 Å². The van der Waals surface area contributed by atoms with Gasteiger partial charge in [0.2, 0.25) is 0 Å². The molecule has 1 amide bonds. The second kappa shape index (κ2) is 8.46. The van der Waals surface area contributed by atoms with Crippen LogP contribution in [0, 0.1) is 10.1 Å². The third-order valence-electron chi connectivity index (χ3n) is 3.56. The van der Waals surface area contributed by atoms with Gasteiger partial charge in [-0.15, -0.1) is 0 Å². The minimum atomic E-state index is -0.537. The molecule has 0 fully saturated rings. The first-order valence-corrected chi connectivity index (χ1v) is 7.95. The standard InChI is InChI=1S/C17H18ClN3O4/c1-20(10-12-3-6-14(25-2)7-4-12)11-17(22)19-16-8-5-13(21(23)24)9-15(16)18/h3-9H,10-11H2,1-2H3,(H,19,22)/p+1. The van der Waals surface area contributed by atoms with Crippen molar-refractivity contribution in [1.82, 2.24) is 0 Å². The number of likely N-dealkylation sites (N-methyl/N-ethyl adjacent to an activating group) is 1. The Hall–Kier alpha value is -2.64. The van der Waals surface area contributed by atoms with Crippen LogP contribution in [0.5, 0.6) is 5.75 Å². The highest BCUT2D eigenvalue weighted by molar-refractivity contribution is 6.33. The van der Waals surface area contributed by atoms with E-state index >= 15 is 0 Å². The Bertz CT molecular complexity index is 765. The van der Waals surface area contributed by atoms with Crippen molar-refractivity contribution in [2.45, 2.75) is 6.54 Å². The van der Waals surface area contributed by atoms with Crippen LogP contribution in [0.1, 0.15) is 5.56 Å². The highest BCUT2D eigenvalue weighted by Gasteiger charge is 2.14. The zero-order valence-electron chi connectivity index (χ0n) is 13.9. The molecule has 0 spiro atoms. The Labute approximate surface area is 150 Å². The molecule has 0 aromatic heterocycles. The van der Waals surface area contributed by atoms with Gasteiger partial charge in [-0.25, -0.2) is 0 Å². The number of nitrogens with zero attached hydrogens (tertiary/aromatic N) is 1. The van der Waals surface area contributed by atoms with Crippen molar-refractivity contribution in [1.29, 1.82) is 0 Å². The third kappa shape index (κ3) is 5.44. The SMILES string of the molecule is COc1ccc(C[NH+](C)CC(=O)Nc2ccc([N+](=O)[O-])cc2Cl)cc1. The molecule has 0 radical (unpaired) electrons. The van der Waals surface area contributed by atoms with Gasteiger partial charge in [0.15, 0.2) is 6.54 Å². The number of hydrogen-bond donors (Lipinski definition) is 2. The highest BCUT2D eigenvalue weighted by atomic mass is 35.5. The summed E-state index contributed by atoms with van der Waals surface area (Å²) in [6.45, 7) is 0.907. The van der Waals surface area contributed by atoms with Gasteiger partial charge in [0.25, 0.3) is 11.6 Å². The van der Waals surface area contributed by atoms with Crippen LogP contribution in [0.25, 0.3) is 0 Å². The van der Waals surface area contributed by atoms with Crippen LogP contribution in [-0.4, -0.2) is 31.5 Å². The number of nitrogens with one attached hydrogen (secondary N) is 2. The van der Waals surface area contributed by atoms with E-state index < -0.39 is 4.92 Å². The van der Waals surface area contributed by atoms with E-state index in [0.717, 1.165) is 16.2 Å². The van der Waals surface area contributed by atoms with E-state index in [1.54, 1.807) is 7.11 Å². The van der Waals surface area contributed by atoms with E-state index in [4.69, 9.17) is 16.3 Å². The normalized spacial score (nSPS) is 11.6. The molecule has 1 atom stereocenters. The van der Waals surface area contributed by atoms with Crippen LogP contribution >= 0.6 is 11.6 Å². The second-order valence-electron chi connectivity index (χ2n) is 5.63. The Morgan fingerprint density at radius 1 is 1.28 bits per heavy atom. The third-order valence-corrected chi connectivity index (χ3v) is 3.88. The van der Waals surface area contributed by atoms with Crippen LogP contribution in [-0.2, 0) is 11.3 Å². The number of hydrogen-bond acceptors (Lipinski definition) is 4. The number of methoxy groups -OCH3 is 1. The first-order chi connectivity index (χ1) is 11.9. The highest BCUT2D eigenvalue weighted by Crippen LogP contribution is 2.26. The van der Waals surface area contributed by atoms with Gasteiger partial charge < -0.3 is 15.0 Å². The monoisotopic (exact) mass is 364 g/mol. The number of halogens is 1. The summed E-state index contributed by atoms with van der Waals surface area (Å²) >= 11 is 5.97. The lowest BCUT2D eigenvalue weighted by atomic mass is 10.2. The maximum atomic E-state index is 12.1. The Balaban J connectivity index is 1.91. The number of nitro benzene ring substituents is 1. The fourth-order valence-electron chi connectivity index (χ4n) is 2.34. The molecule has 8 heteroatoms. The smallest absolute Gasteiger partial charge is 0.279 e. The van der Waals surface area contributed by atoms with E-state index in [2.05, 4.69) is 5.32 Å². The first-order valence-electron chi connectivity index (χ1n) is 7.57. The van der Waals surface area contributed by atoms with Gasteiger partial charge in [0.1, 0.15) is 12.3 Å². The molecule has 2 rings (SSSR count). The lowest BCUT2D eigenvalue weighted by Gasteiger charge is -2.14. The van der Waals surface area contributed by atoms with Crippen molar-refractivity contribution in [3.05, 3.63) is 63.2 Å². The molecule has 2 aromatic rings. The number of benzene rings is 2. The Morgan fingerprint density at radius 3 is 2.52 bits per heavy atom. The number of quaternary nitrogens is 1. The molecule has 0 aliphatic rings. The van der Waals surface area contributed by atoms with Gasteiger partial charge in [0.05, 0.1) is 29.8 Å². The van der Waals surface area contributed by atoms with E-state index in [1.807, 2.05) is 31.3 Å². The number of rotatable bonds is 7. The van der Waals surface area contributed by atoms with Crippen LogP contribution in [0.15, 0.2) is 42.5 Å². The summed E-state index contributed by atoms with van der Waals surface area (Å²) < 4.78 is 5.11. The molecule has 0 bridgehead atoms. The summed E-state index contributed by atoms with van der Waals surface area (Å²) in [7, 11) is 3.52. The zero-order valence-corrected chi connectivity index (χ0v) is 14.7. The summed E-state index contributed by atoms with van der Waals surface area (Å²) in [5.74, 6) is 0.564. The fraction of sp³-hybridized carbons (Fsp3) is 0.235. The number of non-ortho nitro benzene ring substituents is 1. The molecule has 2 N–H and O–H groups in total. The van der Waals surface area contributed by atoms with Gasteiger partial charge in [-0.1, -0.05) is 11.6 Å². The van der Waals surface area contributed by atoms with Crippen LogP contribution < -0.4 is 15.0 Å². The predicted octanol–water partition coefficient (Wildman–Crippen LogP) is 1.91. The van der Waals surface area contributed by atoms with Crippen molar-refractivity contribution in [3.63, 3.8) is 0 Å². The first kappa shape index (κ1) is 18.7. The number of amides is 1. The topological polar surface area (TPSA) is 85.9 Å². The van der Waals surface area contributed by atoms with Crippen molar-refractivity contribution >= 4 is 28.9 Å². The molecule has 7 nitrogen and oxygen atoms in total. The number of anilines is 1. The van der Waals surface area contributed by atoms with Gasteiger partial charge in [0, 0.05) is 17.7 Å². The molecule has 25 heavy (non-hydrogen) atoms. The molecule has 0 heterocycles. The summed E-state index contributed by atoms with van der Waals surface area (Å²) in [5.41, 5.74) is 1.32. The number of ether oxygens (including phenoxy) is 1. The Morgan fingerprint density at radius 2 is 1.96 bits per heavy atom. The summed E-state index contributed by atoms with van der Waals surface area (Å²) in [6.07, 6.45) is 0. The number of carbonyl (C=O) groups excluding carboxylic acids is 1. The molecule has 0 saturated carbocycles. The molecule has 0 aliphatic heterocycles. The minimum Gasteiger partial charge on any atom is -0.497 e. The molecular weight excluding hydrogens is 346 g/mol. The Kier molecular flexibility index (Phi) is 6.32. The molecule has 0 saturated heterocycles. The van der Waals surface area contributed by atoms with Crippen LogP contribution in [0.4, 0.5) is 11.4 Å². The predicted molar refractivity (Wildman–Crippen MR) is 95.2 cm³/mol.